The highest BCUT2D eigenvalue weighted by atomic mass is 16.1. The van der Waals surface area contributed by atoms with Gasteiger partial charge in [0.05, 0.1) is 6.54 Å². The quantitative estimate of drug-likeness (QED) is 0.624. The summed E-state index contributed by atoms with van der Waals surface area (Å²) in [6.45, 7) is 0.306. The average Bonchev–Trinajstić information content (AvgIpc) is 2.80. The van der Waals surface area contributed by atoms with E-state index in [0.717, 1.165) is 5.56 Å². The zero-order chi connectivity index (χ0) is 13.7. The first-order chi connectivity index (χ1) is 9.13. The van der Waals surface area contributed by atoms with Crippen molar-refractivity contribution in [1.29, 1.82) is 0 Å². The predicted molar refractivity (Wildman–Crippen MR) is 72.7 cm³/mol. The standard InChI is InChI=1S/C13H15N5O/c1-18-9-16-12(17-18)8-15-13(19)6-5-10-3-2-4-11(14)7-10/h2-7,9H,8,14H2,1H3,(H,15,19)/b6-5+. The molecule has 0 aliphatic heterocycles. The fraction of sp³-hybridized carbons (Fsp3) is 0.154. The molecule has 0 spiro atoms. The molecule has 0 bridgehead atoms. The third-order valence-corrected chi connectivity index (χ3v) is 2.41. The van der Waals surface area contributed by atoms with Crippen LogP contribution in [0.25, 0.3) is 6.08 Å². The van der Waals surface area contributed by atoms with Crippen LogP contribution in [0.5, 0.6) is 0 Å². The Hall–Kier alpha value is -2.63. The zero-order valence-electron chi connectivity index (χ0n) is 10.6. The summed E-state index contributed by atoms with van der Waals surface area (Å²) >= 11 is 0. The van der Waals surface area contributed by atoms with Crippen LogP contribution in [0, 0.1) is 0 Å². The van der Waals surface area contributed by atoms with Gasteiger partial charge in [-0.25, -0.2) is 4.98 Å². The number of nitrogens with two attached hydrogens (primary N) is 1. The lowest BCUT2D eigenvalue weighted by atomic mass is 10.2. The molecule has 19 heavy (non-hydrogen) atoms. The van der Waals surface area contributed by atoms with E-state index in [1.54, 1.807) is 36.3 Å². The number of nitrogens with one attached hydrogen (secondary N) is 1. The van der Waals surface area contributed by atoms with Gasteiger partial charge in [-0.3, -0.25) is 9.48 Å². The van der Waals surface area contributed by atoms with Gasteiger partial charge >= 0.3 is 0 Å². The van der Waals surface area contributed by atoms with Gasteiger partial charge in [0.25, 0.3) is 0 Å². The Morgan fingerprint density at radius 3 is 3.05 bits per heavy atom. The molecule has 6 nitrogen and oxygen atoms in total. The molecule has 0 saturated carbocycles. The summed E-state index contributed by atoms with van der Waals surface area (Å²) in [5.74, 6) is 0.378. The number of aromatic nitrogens is 3. The summed E-state index contributed by atoms with van der Waals surface area (Å²) in [6, 6.07) is 7.30. The van der Waals surface area contributed by atoms with Crippen LogP contribution in [-0.4, -0.2) is 20.7 Å². The molecular formula is C13H15N5O. The number of benzene rings is 1. The lowest BCUT2D eigenvalue weighted by molar-refractivity contribution is -0.116. The Morgan fingerprint density at radius 2 is 2.37 bits per heavy atom. The number of nitrogen functional groups attached to an aromatic ring is 1. The molecule has 1 aromatic heterocycles. The van der Waals surface area contributed by atoms with Crippen molar-refractivity contribution in [3.8, 4) is 0 Å². The highest BCUT2D eigenvalue weighted by Crippen LogP contribution is 2.07. The maximum Gasteiger partial charge on any atom is 0.244 e. The molecule has 2 aromatic rings. The van der Waals surface area contributed by atoms with E-state index in [2.05, 4.69) is 15.4 Å². The van der Waals surface area contributed by atoms with Crippen molar-refractivity contribution in [2.45, 2.75) is 6.54 Å². The number of carbonyl (C=O) groups excluding carboxylic acids is 1. The predicted octanol–water partition coefficient (Wildman–Crippen LogP) is 0.727. The van der Waals surface area contributed by atoms with E-state index in [9.17, 15) is 4.79 Å². The molecule has 6 heteroatoms. The normalized spacial score (nSPS) is 10.8. The Morgan fingerprint density at radius 1 is 1.53 bits per heavy atom. The summed E-state index contributed by atoms with van der Waals surface area (Å²) < 4.78 is 1.59. The van der Waals surface area contributed by atoms with Gasteiger partial charge in [0.15, 0.2) is 5.82 Å². The highest BCUT2D eigenvalue weighted by Gasteiger charge is 2.00. The molecule has 3 N–H and O–H groups in total. The number of hydrogen-bond acceptors (Lipinski definition) is 4. The molecule has 0 aliphatic carbocycles. The first-order valence-corrected chi connectivity index (χ1v) is 5.79. The third-order valence-electron chi connectivity index (χ3n) is 2.41. The minimum atomic E-state index is -0.199. The van der Waals surface area contributed by atoms with Crippen LogP contribution in [0.1, 0.15) is 11.4 Å². The van der Waals surface area contributed by atoms with Crippen molar-refractivity contribution in [2.24, 2.45) is 7.05 Å². The number of hydrogen-bond donors (Lipinski definition) is 2. The SMILES string of the molecule is Cn1cnc(CNC(=O)/C=C/c2cccc(N)c2)n1. The van der Waals surface area contributed by atoms with E-state index in [4.69, 9.17) is 5.73 Å². The Kier molecular flexibility index (Phi) is 3.92. The smallest absolute Gasteiger partial charge is 0.244 e. The van der Waals surface area contributed by atoms with Crippen LogP contribution in [0.2, 0.25) is 0 Å². The van der Waals surface area contributed by atoms with E-state index >= 15 is 0 Å². The number of carbonyl (C=O) groups is 1. The first-order valence-electron chi connectivity index (χ1n) is 5.79. The molecule has 0 saturated heterocycles. The van der Waals surface area contributed by atoms with Crippen LogP contribution in [0.4, 0.5) is 5.69 Å². The lowest BCUT2D eigenvalue weighted by Crippen LogP contribution is -2.21. The minimum Gasteiger partial charge on any atom is -0.399 e. The van der Waals surface area contributed by atoms with E-state index in [-0.39, 0.29) is 5.91 Å². The van der Waals surface area contributed by atoms with Crippen molar-refractivity contribution >= 4 is 17.7 Å². The molecule has 0 aliphatic rings. The van der Waals surface area contributed by atoms with Gasteiger partial charge in [-0.1, -0.05) is 12.1 Å². The van der Waals surface area contributed by atoms with E-state index < -0.39 is 0 Å². The molecule has 0 radical (unpaired) electrons. The number of nitrogens with zero attached hydrogens (tertiary/aromatic N) is 3. The average molecular weight is 257 g/mol. The van der Waals surface area contributed by atoms with Gasteiger partial charge in [0.2, 0.25) is 5.91 Å². The first kappa shape index (κ1) is 12.8. The van der Waals surface area contributed by atoms with Crippen LogP contribution in [-0.2, 0) is 18.4 Å². The zero-order valence-corrected chi connectivity index (χ0v) is 10.6. The fourth-order valence-corrected chi connectivity index (χ4v) is 1.52. The summed E-state index contributed by atoms with van der Waals surface area (Å²) in [5, 5.41) is 6.76. The summed E-state index contributed by atoms with van der Waals surface area (Å²) in [4.78, 5) is 15.6. The lowest BCUT2D eigenvalue weighted by Gasteiger charge is -1.98. The number of aryl methyl sites for hydroxylation is 1. The number of anilines is 1. The second-order valence-corrected chi connectivity index (χ2v) is 4.06. The second kappa shape index (κ2) is 5.81. The molecule has 2 rings (SSSR count). The number of rotatable bonds is 4. The topological polar surface area (TPSA) is 85.8 Å². The molecule has 1 aromatic carbocycles. The molecule has 1 heterocycles. The van der Waals surface area contributed by atoms with Crippen LogP contribution >= 0.6 is 0 Å². The van der Waals surface area contributed by atoms with Gasteiger partial charge in [-0.2, -0.15) is 5.10 Å². The Bertz CT molecular complexity index is 603. The van der Waals surface area contributed by atoms with Crippen molar-refractivity contribution < 1.29 is 4.79 Å². The second-order valence-electron chi connectivity index (χ2n) is 4.06. The fourth-order valence-electron chi connectivity index (χ4n) is 1.52. The molecule has 0 fully saturated rings. The summed E-state index contributed by atoms with van der Waals surface area (Å²) in [5.41, 5.74) is 7.20. The molecule has 0 atom stereocenters. The minimum absolute atomic E-state index is 0.199. The Labute approximate surface area is 111 Å². The van der Waals surface area contributed by atoms with Gasteiger partial charge in [0, 0.05) is 18.8 Å². The van der Waals surface area contributed by atoms with Crippen LogP contribution in [0.15, 0.2) is 36.7 Å². The Balaban J connectivity index is 1.87. The summed E-state index contributed by atoms with van der Waals surface area (Å²) in [6.07, 6.45) is 4.75. The van der Waals surface area contributed by atoms with Crippen molar-refractivity contribution in [3.05, 3.63) is 48.1 Å². The molecule has 1 amide bonds. The van der Waals surface area contributed by atoms with Crippen molar-refractivity contribution in [1.82, 2.24) is 20.1 Å². The van der Waals surface area contributed by atoms with Crippen molar-refractivity contribution in [3.63, 3.8) is 0 Å². The van der Waals surface area contributed by atoms with Crippen LogP contribution < -0.4 is 11.1 Å². The number of amides is 1. The summed E-state index contributed by atoms with van der Waals surface area (Å²) in [7, 11) is 1.78. The third kappa shape index (κ3) is 3.95. The molecular weight excluding hydrogens is 242 g/mol. The molecule has 98 valence electrons. The van der Waals surface area contributed by atoms with Gasteiger partial charge in [-0.15, -0.1) is 0 Å². The van der Waals surface area contributed by atoms with Crippen LogP contribution in [0.3, 0.4) is 0 Å². The maximum atomic E-state index is 11.6. The van der Waals surface area contributed by atoms with E-state index in [0.29, 0.717) is 18.1 Å². The molecule has 0 unspecified atom stereocenters. The largest absolute Gasteiger partial charge is 0.399 e. The van der Waals surface area contributed by atoms with Crippen molar-refractivity contribution in [2.75, 3.05) is 5.73 Å². The maximum absolute atomic E-state index is 11.6. The monoisotopic (exact) mass is 257 g/mol. The highest BCUT2D eigenvalue weighted by molar-refractivity contribution is 5.91. The van der Waals surface area contributed by atoms with E-state index in [1.165, 1.54) is 6.08 Å². The van der Waals surface area contributed by atoms with Gasteiger partial charge in [0.1, 0.15) is 6.33 Å². The van der Waals surface area contributed by atoms with E-state index in [1.807, 2.05) is 12.1 Å². The van der Waals surface area contributed by atoms with Gasteiger partial charge in [-0.05, 0) is 23.8 Å². The van der Waals surface area contributed by atoms with Gasteiger partial charge < -0.3 is 11.1 Å².